The summed E-state index contributed by atoms with van der Waals surface area (Å²) in [7, 11) is 4.19. The average molecular weight is 425 g/mol. The van der Waals surface area contributed by atoms with E-state index >= 15 is 0 Å². The topological polar surface area (TPSA) is 104 Å². The number of halogens is 1. The molecular formula is C19H25ClN4O5. The second-order valence-electron chi connectivity index (χ2n) is 6.39. The van der Waals surface area contributed by atoms with E-state index in [9.17, 15) is 9.59 Å². The van der Waals surface area contributed by atoms with Crippen LogP contribution in [0, 0.1) is 0 Å². The summed E-state index contributed by atoms with van der Waals surface area (Å²) in [4.78, 5) is 24.6. The number of hydrogen-bond donors (Lipinski definition) is 2. The molecule has 9 nitrogen and oxygen atoms in total. The summed E-state index contributed by atoms with van der Waals surface area (Å²) >= 11 is 0. The fourth-order valence-corrected chi connectivity index (χ4v) is 3.20. The number of rotatable bonds is 6. The van der Waals surface area contributed by atoms with E-state index in [1.807, 2.05) is 4.68 Å². The molecule has 158 valence electrons. The molecule has 1 aliphatic heterocycles. The quantitative estimate of drug-likeness (QED) is 0.685. The molecule has 10 heteroatoms. The van der Waals surface area contributed by atoms with Crippen molar-refractivity contribution in [3.8, 4) is 11.5 Å². The van der Waals surface area contributed by atoms with Gasteiger partial charge in [-0.3, -0.25) is 9.48 Å². The number of hydrogen-bond acceptors (Lipinski definition) is 7. The Balaban J connectivity index is 0.00000300. The van der Waals surface area contributed by atoms with Gasteiger partial charge in [0.2, 0.25) is 0 Å². The maximum atomic E-state index is 12.7. The lowest BCUT2D eigenvalue weighted by Crippen LogP contribution is -2.32. The van der Waals surface area contributed by atoms with Crippen LogP contribution in [-0.2, 0) is 4.74 Å². The monoisotopic (exact) mass is 424 g/mol. The van der Waals surface area contributed by atoms with Gasteiger partial charge in [-0.15, -0.1) is 12.4 Å². The molecule has 1 unspecified atom stereocenters. The number of nitrogens with one attached hydrogen (secondary N) is 2. The second kappa shape index (κ2) is 10.1. The largest absolute Gasteiger partial charge is 0.493 e. The number of carbonyl (C=O) groups excluding carboxylic acids is 2. The number of nitrogens with zero attached hydrogens (tertiary/aromatic N) is 2. The molecule has 29 heavy (non-hydrogen) atoms. The van der Waals surface area contributed by atoms with Crippen molar-refractivity contribution in [1.29, 1.82) is 0 Å². The first-order valence-electron chi connectivity index (χ1n) is 8.99. The Kier molecular flexibility index (Phi) is 7.86. The molecule has 0 radical (unpaired) electrons. The van der Waals surface area contributed by atoms with Gasteiger partial charge in [0.15, 0.2) is 17.2 Å². The number of aromatic nitrogens is 2. The molecule has 1 aromatic heterocycles. The molecule has 3 rings (SSSR count). The number of piperidine rings is 1. The average Bonchev–Trinajstić information content (AvgIpc) is 3.23. The Morgan fingerprint density at radius 2 is 2.03 bits per heavy atom. The Hall–Kier alpha value is -2.78. The number of amides is 1. The van der Waals surface area contributed by atoms with Crippen molar-refractivity contribution >= 4 is 30.0 Å². The first kappa shape index (κ1) is 22.5. The van der Waals surface area contributed by atoms with Gasteiger partial charge in [0.05, 0.1) is 38.6 Å². The molecule has 2 N–H and O–H groups in total. The zero-order valence-corrected chi connectivity index (χ0v) is 17.4. The summed E-state index contributed by atoms with van der Waals surface area (Å²) in [6.45, 7) is 1.83. The van der Waals surface area contributed by atoms with Crippen LogP contribution < -0.4 is 20.1 Å². The highest BCUT2D eigenvalue weighted by Gasteiger charge is 2.21. The van der Waals surface area contributed by atoms with Gasteiger partial charge in [-0.2, -0.15) is 5.10 Å². The number of anilines is 1. The van der Waals surface area contributed by atoms with Crippen LogP contribution in [0.1, 0.15) is 39.7 Å². The second-order valence-corrected chi connectivity index (χ2v) is 6.39. The zero-order valence-electron chi connectivity index (χ0n) is 16.6. The predicted octanol–water partition coefficient (Wildman–Crippen LogP) is 2.29. The highest BCUT2D eigenvalue weighted by molar-refractivity contribution is 6.05. The molecule has 2 aromatic rings. The normalized spacial score (nSPS) is 15.8. The number of carbonyl (C=O) groups is 2. The van der Waals surface area contributed by atoms with Gasteiger partial charge in [-0.25, -0.2) is 4.79 Å². The van der Waals surface area contributed by atoms with Crippen LogP contribution in [0.3, 0.4) is 0 Å². The first-order chi connectivity index (χ1) is 13.6. The lowest BCUT2D eigenvalue weighted by atomic mass is 10.1. The number of esters is 1. The minimum absolute atomic E-state index is 0. The summed E-state index contributed by atoms with van der Waals surface area (Å²) in [5, 5.41) is 10.5. The highest BCUT2D eigenvalue weighted by atomic mass is 35.5. The van der Waals surface area contributed by atoms with Crippen LogP contribution in [0.25, 0.3) is 0 Å². The summed E-state index contributed by atoms with van der Waals surface area (Å²) in [5.74, 6) is -0.352. The van der Waals surface area contributed by atoms with E-state index in [0.29, 0.717) is 17.2 Å². The fourth-order valence-electron chi connectivity index (χ4n) is 3.20. The van der Waals surface area contributed by atoms with Crippen LogP contribution >= 0.6 is 12.4 Å². The van der Waals surface area contributed by atoms with Gasteiger partial charge < -0.3 is 24.8 Å². The lowest BCUT2D eigenvalue weighted by Gasteiger charge is -2.22. The minimum Gasteiger partial charge on any atom is -0.493 e. The molecule has 0 saturated carbocycles. The smallest absolute Gasteiger partial charge is 0.338 e. The van der Waals surface area contributed by atoms with Crippen molar-refractivity contribution in [3.05, 3.63) is 35.7 Å². The van der Waals surface area contributed by atoms with Crippen molar-refractivity contribution in [3.63, 3.8) is 0 Å². The highest BCUT2D eigenvalue weighted by Crippen LogP contribution is 2.37. The number of benzene rings is 1. The maximum absolute atomic E-state index is 12.7. The van der Waals surface area contributed by atoms with E-state index in [2.05, 4.69) is 15.7 Å². The summed E-state index contributed by atoms with van der Waals surface area (Å²) in [6, 6.07) is 4.86. The van der Waals surface area contributed by atoms with Gasteiger partial charge in [-0.05, 0) is 37.6 Å². The summed E-state index contributed by atoms with van der Waals surface area (Å²) in [6.07, 6.45) is 3.89. The first-order valence-corrected chi connectivity index (χ1v) is 8.99. The molecule has 1 saturated heterocycles. The van der Waals surface area contributed by atoms with Gasteiger partial charge in [-0.1, -0.05) is 0 Å². The van der Waals surface area contributed by atoms with Crippen LogP contribution in [0.15, 0.2) is 24.4 Å². The minimum atomic E-state index is -0.550. The van der Waals surface area contributed by atoms with Crippen LogP contribution in [-0.4, -0.2) is 56.1 Å². The molecule has 2 heterocycles. The zero-order chi connectivity index (χ0) is 20.1. The Morgan fingerprint density at radius 1 is 1.24 bits per heavy atom. The molecule has 1 aromatic carbocycles. The number of ether oxygens (including phenoxy) is 3. The fraction of sp³-hybridized carbons (Fsp3) is 0.421. The van der Waals surface area contributed by atoms with Crippen molar-refractivity contribution in [2.45, 2.75) is 18.9 Å². The molecular weight excluding hydrogens is 400 g/mol. The predicted molar refractivity (Wildman–Crippen MR) is 109 cm³/mol. The molecule has 0 aliphatic carbocycles. The van der Waals surface area contributed by atoms with E-state index in [1.165, 1.54) is 33.5 Å². The van der Waals surface area contributed by atoms with Crippen molar-refractivity contribution in [2.75, 3.05) is 39.7 Å². The maximum Gasteiger partial charge on any atom is 0.338 e. The van der Waals surface area contributed by atoms with Gasteiger partial charge in [0, 0.05) is 12.7 Å². The van der Waals surface area contributed by atoms with Crippen LogP contribution in [0.2, 0.25) is 0 Å². The van der Waals surface area contributed by atoms with Gasteiger partial charge >= 0.3 is 5.97 Å². The van der Waals surface area contributed by atoms with Gasteiger partial charge in [0.1, 0.15) is 0 Å². The van der Waals surface area contributed by atoms with Crippen LogP contribution in [0.4, 0.5) is 5.69 Å². The van der Waals surface area contributed by atoms with Crippen molar-refractivity contribution in [2.24, 2.45) is 0 Å². The van der Waals surface area contributed by atoms with E-state index in [0.717, 1.165) is 25.9 Å². The third-order valence-electron chi connectivity index (χ3n) is 4.63. The molecule has 0 spiro atoms. The molecule has 1 aliphatic rings. The Bertz CT molecular complexity index is 864. The molecule has 0 bridgehead atoms. The van der Waals surface area contributed by atoms with Crippen LogP contribution in [0.5, 0.6) is 11.5 Å². The third-order valence-corrected chi connectivity index (χ3v) is 4.63. The van der Waals surface area contributed by atoms with E-state index in [1.54, 1.807) is 12.3 Å². The third kappa shape index (κ3) is 4.99. The lowest BCUT2D eigenvalue weighted by molar-refractivity contribution is 0.0600. The van der Waals surface area contributed by atoms with Gasteiger partial charge in [0.25, 0.3) is 5.91 Å². The Morgan fingerprint density at radius 3 is 2.66 bits per heavy atom. The summed E-state index contributed by atoms with van der Waals surface area (Å²) in [5.41, 5.74) is 0.797. The molecule has 1 atom stereocenters. The van der Waals surface area contributed by atoms with E-state index < -0.39 is 11.9 Å². The van der Waals surface area contributed by atoms with Crippen molar-refractivity contribution < 1.29 is 23.8 Å². The van der Waals surface area contributed by atoms with E-state index in [4.69, 9.17) is 14.2 Å². The Labute approximate surface area is 175 Å². The standard InChI is InChI=1S/C19H24N4O5.ClH/c1-26-16-10-12(19(25)28-3)9-15(17(16)27-2)21-18(24)14-6-8-23(22-14)13-5-4-7-20-11-13;/h6,8-10,13,20H,4-5,7,11H2,1-3H3,(H,21,24);1H. The molecule has 1 amide bonds. The van der Waals surface area contributed by atoms with E-state index in [-0.39, 0.29) is 29.7 Å². The molecule has 1 fully saturated rings. The van der Waals surface area contributed by atoms with Crippen molar-refractivity contribution in [1.82, 2.24) is 15.1 Å². The number of methoxy groups -OCH3 is 3. The summed E-state index contributed by atoms with van der Waals surface area (Å²) < 4.78 is 17.2. The SMILES string of the molecule is COC(=O)c1cc(NC(=O)c2ccn(C3CCCNC3)n2)c(OC)c(OC)c1.Cl.